The molecule has 1 N–H and O–H groups in total. The standard InChI is InChI=1S/C12H14INO3S/c1-12(11(16)17)3-2-4-14(7-12)10(15)8-5-9(13)18-6-8/h5-6H,2-4,7H2,1H3,(H,16,17). The quantitative estimate of drug-likeness (QED) is 0.804. The molecule has 98 valence electrons. The number of thiophene rings is 1. The zero-order chi connectivity index (χ0) is 13.3. The first kappa shape index (κ1) is 13.8. The fourth-order valence-corrected chi connectivity index (χ4v) is 3.51. The Morgan fingerprint density at radius 1 is 1.56 bits per heavy atom. The van der Waals surface area contributed by atoms with Crippen LogP contribution in [0.25, 0.3) is 0 Å². The van der Waals surface area contributed by atoms with Crippen LogP contribution in [-0.4, -0.2) is 35.0 Å². The number of nitrogens with zero attached hydrogens (tertiary/aromatic N) is 1. The van der Waals surface area contributed by atoms with E-state index in [-0.39, 0.29) is 5.91 Å². The molecule has 2 heterocycles. The molecule has 18 heavy (non-hydrogen) atoms. The van der Waals surface area contributed by atoms with E-state index in [0.29, 0.717) is 25.1 Å². The minimum Gasteiger partial charge on any atom is -0.481 e. The molecule has 0 bridgehead atoms. The van der Waals surface area contributed by atoms with Crippen molar-refractivity contribution in [2.24, 2.45) is 5.41 Å². The van der Waals surface area contributed by atoms with Gasteiger partial charge < -0.3 is 10.0 Å². The molecular formula is C12H14INO3S. The molecule has 6 heteroatoms. The molecule has 1 unspecified atom stereocenters. The van der Waals surface area contributed by atoms with Gasteiger partial charge in [-0.25, -0.2) is 0 Å². The van der Waals surface area contributed by atoms with Gasteiger partial charge in [0.05, 0.1) is 13.9 Å². The molecule has 1 aromatic heterocycles. The monoisotopic (exact) mass is 379 g/mol. The van der Waals surface area contributed by atoms with Crippen LogP contribution in [-0.2, 0) is 4.79 Å². The number of likely N-dealkylation sites (tertiary alicyclic amines) is 1. The summed E-state index contributed by atoms with van der Waals surface area (Å²) < 4.78 is 1.06. The van der Waals surface area contributed by atoms with Gasteiger partial charge in [-0.05, 0) is 48.4 Å². The average molecular weight is 379 g/mol. The number of hydrogen-bond acceptors (Lipinski definition) is 3. The maximum Gasteiger partial charge on any atom is 0.311 e. The van der Waals surface area contributed by atoms with E-state index in [1.807, 2.05) is 11.4 Å². The zero-order valence-corrected chi connectivity index (χ0v) is 13.0. The molecular weight excluding hydrogens is 365 g/mol. The van der Waals surface area contributed by atoms with Crippen LogP contribution < -0.4 is 0 Å². The number of carboxylic acid groups (broad SMARTS) is 1. The van der Waals surface area contributed by atoms with E-state index in [1.54, 1.807) is 11.8 Å². The first-order valence-corrected chi connectivity index (χ1v) is 7.65. The summed E-state index contributed by atoms with van der Waals surface area (Å²) >= 11 is 3.70. The van der Waals surface area contributed by atoms with Crippen molar-refractivity contribution in [3.63, 3.8) is 0 Å². The Morgan fingerprint density at radius 3 is 2.83 bits per heavy atom. The number of carboxylic acids is 1. The summed E-state index contributed by atoms with van der Waals surface area (Å²) in [5.41, 5.74) is -0.143. The van der Waals surface area contributed by atoms with Gasteiger partial charge in [0.2, 0.25) is 0 Å². The number of carbonyl (C=O) groups is 2. The van der Waals surface area contributed by atoms with Crippen LogP contribution >= 0.6 is 33.9 Å². The smallest absolute Gasteiger partial charge is 0.311 e. The Labute approximate surface area is 123 Å². The maximum atomic E-state index is 12.3. The van der Waals surface area contributed by atoms with Gasteiger partial charge in [0.15, 0.2) is 0 Å². The van der Waals surface area contributed by atoms with E-state index in [1.165, 1.54) is 11.3 Å². The molecule has 1 saturated heterocycles. The molecule has 0 spiro atoms. The number of carbonyl (C=O) groups excluding carboxylic acids is 1. The number of piperidine rings is 1. The molecule has 1 atom stereocenters. The second-order valence-electron chi connectivity index (χ2n) is 4.84. The molecule has 1 amide bonds. The van der Waals surface area contributed by atoms with Crippen molar-refractivity contribution in [3.8, 4) is 0 Å². The van der Waals surface area contributed by atoms with Crippen molar-refractivity contribution in [3.05, 3.63) is 19.9 Å². The molecule has 0 aromatic carbocycles. The molecule has 1 aliphatic heterocycles. The second kappa shape index (κ2) is 5.16. The fourth-order valence-electron chi connectivity index (χ4n) is 2.19. The normalized spacial score (nSPS) is 24.0. The summed E-state index contributed by atoms with van der Waals surface area (Å²) in [4.78, 5) is 25.2. The van der Waals surface area contributed by atoms with Crippen LogP contribution in [0, 0.1) is 8.30 Å². The summed E-state index contributed by atoms with van der Waals surface area (Å²) in [6, 6.07) is 1.85. The molecule has 0 saturated carbocycles. The third kappa shape index (κ3) is 2.69. The van der Waals surface area contributed by atoms with Crippen LogP contribution in [0.2, 0.25) is 0 Å². The predicted molar refractivity (Wildman–Crippen MR) is 77.9 cm³/mol. The van der Waals surface area contributed by atoms with Gasteiger partial charge in [0.1, 0.15) is 0 Å². The molecule has 4 nitrogen and oxygen atoms in total. The van der Waals surface area contributed by atoms with E-state index < -0.39 is 11.4 Å². The molecule has 1 aliphatic rings. The van der Waals surface area contributed by atoms with E-state index in [4.69, 9.17) is 0 Å². The molecule has 1 fully saturated rings. The third-order valence-corrected chi connectivity index (χ3v) is 5.10. The van der Waals surface area contributed by atoms with Crippen LogP contribution in [0.15, 0.2) is 11.4 Å². The van der Waals surface area contributed by atoms with E-state index in [0.717, 1.165) is 9.30 Å². The van der Waals surface area contributed by atoms with Crippen LogP contribution in [0.1, 0.15) is 30.1 Å². The van der Waals surface area contributed by atoms with Gasteiger partial charge in [-0.3, -0.25) is 9.59 Å². The van der Waals surface area contributed by atoms with E-state index >= 15 is 0 Å². The van der Waals surface area contributed by atoms with Gasteiger partial charge in [0, 0.05) is 18.5 Å². The lowest BCUT2D eigenvalue weighted by molar-refractivity contribution is -0.150. The Kier molecular flexibility index (Phi) is 3.96. The van der Waals surface area contributed by atoms with Crippen LogP contribution in [0.5, 0.6) is 0 Å². The Bertz CT molecular complexity index is 487. The molecule has 1 aromatic rings. The van der Waals surface area contributed by atoms with E-state index in [2.05, 4.69) is 22.6 Å². The molecule has 0 aliphatic carbocycles. The summed E-state index contributed by atoms with van der Waals surface area (Å²) in [5.74, 6) is -0.874. The number of aliphatic carboxylic acids is 1. The van der Waals surface area contributed by atoms with Crippen molar-refractivity contribution >= 4 is 45.8 Å². The van der Waals surface area contributed by atoms with Crippen molar-refractivity contribution in [2.75, 3.05) is 13.1 Å². The van der Waals surface area contributed by atoms with Crippen molar-refractivity contribution < 1.29 is 14.7 Å². The predicted octanol–water partition coefficient (Wildman–Crippen LogP) is 2.68. The Hall–Kier alpha value is -0.630. The fraction of sp³-hybridized carbons (Fsp3) is 0.500. The Morgan fingerprint density at radius 2 is 2.28 bits per heavy atom. The van der Waals surface area contributed by atoms with Gasteiger partial charge in [-0.2, -0.15) is 0 Å². The van der Waals surface area contributed by atoms with Crippen molar-refractivity contribution in [1.29, 1.82) is 0 Å². The van der Waals surface area contributed by atoms with E-state index in [9.17, 15) is 14.7 Å². The highest BCUT2D eigenvalue weighted by Gasteiger charge is 2.39. The first-order chi connectivity index (χ1) is 8.42. The average Bonchev–Trinajstić information content (AvgIpc) is 2.75. The third-order valence-electron chi connectivity index (χ3n) is 3.31. The van der Waals surface area contributed by atoms with Gasteiger partial charge in [0.25, 0.3) is 5.91 Å². The van der Waals surface area contributed by atoms with Gasteiger partial charge in [-0.15, -0.1) is 11.3 Å². The van der Waals surface area contributed by atoms with Crippen molar-refractivity contribution in [2.45, 2.75) is 19.8 Å². The number of halogens is 1. The second-order valence-corrected chi connectivity index (χ2v) is 7.64. The largest absolute Gasteiger partial charge is 0.481 e. The minimum atomic E-state index is -0.820. The van der Waals surface area contributed by atoms with Gasteiger partial charge >= 0.3 is 5.97 Å². The zero-order valence-electron chi connectivity index (χ0n) is 9.98. The Balaban J connectivity index is 2.14. The summed E-state index contributed by atoms with van der Waals surface area (Å²) in [5, 5.41) is 11.1. The van der Waals surface area contributed by atoms with Crippen LogP contribution in [0.3, 0.4) is 0 Å². The SMILES string of the molecule is CC1(C(=O)O)CCCN(C(=O)c2csc(I)c2)C1. The highest BCUT2D eigenvalue weighted by molar-refractivity contribution is 14.1. The lowest BCUT2D eigenvalue weighted by atomic mass is 9.82. The lowest BCUT2D eigenvalue weighted by Gasteiger charge is -2.37. The van der Waals surface area contributed by atoms with Gasteiger partial charge in [-0.1, -0.05) is 0 Å². The maximum absolute atomic E-state index is 12.3. The van der Waals surface area contributed by atoms with Crippen molar-refractivity contribution in [1.82, 2.24) is 4.90 Å². The highest BCUT2D eigenvalue weighted by Crippen LogP contribution is 2.31. The summed E-state index contributed by atoms with van der Waals surface area (Å²) in [6.07, 6.45) is 1.38. The first-order valence-electron chi connectivity index (χ1n) is 5.69. The van der Waals surface area contributed by atoms with Crippen LogP contribution in [0.4, 0.5) is 0 Å². The number of rotatable bonds is 2. The topological polar surface area (TPSA) is 57.6 Å². The molecule has 2 rings (SSSR count). The lowest BCUT2D eigenvalue weighted by Crippen LogP contribution is -2.48. The minimum absolute atomic E-state index is 0.0543. The molecule has 0 radical (unpaired) electrons. The highest BCUT2D eigenvalue weighted by atomic mass is 127. The number of hydrogen-bond donors (Lipinski definition) is 1. The summed E-state index contributed by atoms with van der Waals surface area (Å²) in [7, 11) is 0. The number of amides is 1. The summed E-state index contributed by atoms with van der Waals surface area (Å²) in [6.45, 7) is 2.66.